The Morgan fingerprint density at radius 3 is 2.50 bits per heavy atom. The zero-order chi connectivity index (χ0) is 16.9. The SMILES string of the molecule is C[NH+](C)Cc1ccccc1CNC(=O)c1ccc2c(c1)OCCO2. The minimum absolute atomic E-state index is 0.112. The number of benzene rings is 2. The molecule has 0 radical (unpaired) electrons. The molecule has 0 bridgehead atoms. The van der Waals surface area contributed by atoms with Gasteiger partial charge in [0.25, 0.3) is 5.91 Å². The molecule has 0 atom stereocenters. The number of carbonyl (C=O) groups excluding carboxylic acids is 1. The van der Waals surface area contributed by atoms with Crippen molar-refractivity contribution < 1.29 is 19.2 Å². The number of rotatable bonds is 5. The monoisotopic (exact) mass is 327 g/mol. The van der Waals surface area contributed by atoms with E-state index < -0.39 is 0 Å². The fourth-order valence-corrected chi connectivity index (χ4v) is 2.75. The summed E-state index contributed by atoms with van der Waals surface area (Å²) in [5, 5.41) is 2.99. The van der Waals surface area contributed by atoms with Crippen LogP contribution in [-0.4, -0.2) is 33.2 Å². The van der Waals surface area contributed by atoms with Gasteiger partial charge >= 0.3 is 0 Å². The first-order chi connectivity index (χ1) is 11.6. The van der Waals surface area contributed by atoms with Crippen LogP contribution < -0.4 is 19.7 Å². The highest BCUT2D eigenvalue weighted by Crippen LogP contribution is 2.30. The summed E-state index contributed by atoms with van der Waals surface area (Å²) >= 11 is 0. The Hall–Kier alpha value is -2.53. The van der Waals surface area contributed by atoms with Crippen molar-refractivity contribution in [2.75, 3.05) is 27.3 Å². The van der Waals surface area contributed by atoms with Crippen molar-refractivity contribution in [3.05, 3.63) is 59.2 Å². The molecule has 1 heterocycles. The standard InChI is InChI=1S/C19H22N2O3/c1-21(2)13-16-6-4-3-5-15(16)12-20-19(22)14-7-8-17-18(11-14)24-10-9-23-17/h3-8,11H,9-10,12-13H2,1-2H3,(H,20,22)/p+1. The summed E-state index contributed by atoms with van der Waals surface area (Å²) in [6.07, 6.45) is 0. The second-order valence-corrected chi connectivity index (χ2v) is 6.19. The van der Waals surface area contributed by atoms with Gasteiger partial charge in [-0.3, -0.25) is 4.79 Å². The molecule has 1 aliphatic heterocycles. The Bertz CT molecular complexity index is 728. The van der Waals surface area contributed by atoms with E-state index in [2.05, 4.69) is 31.5 Å². The van der Waals surface area contributed by atoms with Crippen LogP contribution in [0.2, 0.25) is 0 Å². The van der Waals surface area contributed by atoms with E-state index in [1.807, 2.05) is 12.1 Å². The minimum Gasteiger partial charge on any atom is -0.486 e. The van der Waals surface area contributed by atoms with Gasteiger partial charge in [-0.25, -0.2) is 0 Å². The number of ether oxygens (including phenoxy) is 2. The average molecular weight is 327 g/mol. The normalized spacial score (nSPS) is 13.0. The number of fused-ring (bicyclic) bond motifs is 1. The van der Waals surface area contributed by atoms with Crippen LogP contribution in [0.3, 0.4) is 0 Å². The van der Waals surface area contributed by atoms with Crippen molar-refractivity contribution in [1.29, 1.82) is 0 Å². The highest BCUT2D eigenvalue weighted by molar-refractivity contribution is 5.94. The Kier molecular flexibility index (Phi) is 5.01. The molecule has 0 unspecified atom stereocenters. The van der Waals surface area contributed by atoms with Gasteiger partial charge in [0.15, 0.2) is 11.5 Å². The van der Waals surface area contributed by atoms with Crippen LogP contribution in [0.25, 0.3) is 0 Å². The molecule has 3 rings (SSSR count). The van der Waals surface area contributed by atoms with Crippen molar-refractivity contribution >= 4 is 5.91 Å². The summed E-state index contributed by atoms with van der Waals surface area (Å²) in [5.74, 6) is 1.21. The Balaban J connectivity index is 1.68. The van der Waals surface area contributed by atoms with Crippen LogP contribution in [0.4, 0.5) is 0 Å². The lowest BCUT2D eigenvalue weighted by atomic mass is 10.1. The molecule has 5 nitrogen and oxygen atoms in total. The van der Waals surface area contributed by atoms with E-state index >= 15 is 0 Å². The molecule has 0 fully saturated rings. The highest BCUT2D eigenvalue weighted by Gasteiger charge is 2.15. The molecule has 126 valence electrons. The molecule has 0 aromatic heterocycles. The Labute approximate surface area is 142 Å². The van der Waals surface area contributed by atoms with Crippen LogP contribution in [0.1, 0.15) is 21.5 Å². The van der Waals surface area contributed by atoms with Crippen LogP contribution in [0, 0.1) is 0 Å². The third-order valence-electron chi connectivity index (χ3n) is 3.91. The maximum Gasteiger partial charge on any atom is 0.251 e. The summed E-state index contributed by atoms with van der Waals surface area (Å²) in [4.78, 5) is 13.8. The molecular weight excluding hydrogens is 304 g/mol. The largest absolute Gasteiger partial charge is 0.486 e. The first-order valence-corrected chi connectivity index (χ1v) is 8.17. The quantitative estimate of drug-likeness (QED) is 0.863. The molecular formula is C19H23N2O3+. The fourth-order valence-electron chi connectivity index (χ4n) is 2.75. The third-order valence-corrected chi connectivity index (χ3v) is 3.91. The lowest BCUT2D eigenvalue weighted by molar-refractivity contribution is -0.872. The van der Waals surface area contributed by atoms with Gasteiger partial charge in [-0.15, -0.1) is 0 Å². The zero-order valence-electron chi connectivity index (χ0n) is 14.1. The lowest BCUT2D eigenvalue weighted by Crippen LogP contribution is -3.04. The predicted octanol–water partition coefficient (Wildman–Crippen LogP) is 1.03. The molecule has 5 heteroatoms. The third kappa shape index (κ3) is 3.86. The molecule has 2 aromatic carbocycles. The summed E-state index contributed by atoms with van der Waals surface area (Å²) in [6, 6.07) is 13.5. The van der Waals surface area contributed by atoms with Crippen LogP contribution in [-0.2, 0) is 13.1 Å². The van der Waals surface area contributed by atoms with Crippen LogP contribution in [0.15, 0.2) is 42.5 Å². The topological polar surface area (TPSA) is 52.0 Å². The molecule has 0 saturated heterocycles. The van der Waals surface area contributed by atoms with E-state index in [-0.39, 0.29) is 5.91 Å². The van der Waals surface area contributed by atoms with Gasteiger partial charge in [-0.2, -0.15) is 0 Å². The fraction of sp³-hybridized carbons (Fsp3) is 0.316. The van der Waals surface area contributed by atoms with Gasteiger partial charge < -0.3 is 19.7 Å². The molecule has 2 aromatic rings. The van der Waals surface area contributed by atoms with Gasteiger partial charge in [-0.05, 0) is 23.8 Å². The summed E-state index contributed by atoms with van der Waals surface area (Å²) in [6.45, 7) is 2.49. The van der Waals surface area contributed by atoms with Crippen LogP contribution in [0.5, 0.6) is 11.5 Å². The predicted molar refractivity (Wildman–Crippen MR) is 91.6 cm³/mol. The maximum absolute atomic E-state index is 12.4. The van der Waals surface area contributed by atoms with E-state index in [0.29, 0.717) is 36.8 Å². The number of hydrogen-bond acceptors (Lipinski definition) is 3. The molecule has 0 saturated carbocycles. The smallest absolute Gasteiger partial charge is 0.251 e. The Morgan fingerprint density at radius 1 is 1.04 bits per heavy atom. The molecule has 1 amide bonds. The van der Waals surface area contributed by atoms with Gasteiger partial charge in [-0.1, -0.05) is 24.3 Å². The molecule has 24 heavy (non-hydrogen) atoms. The van der Waals surface area contributed by atoms with Gasteiger partial charge in [0.05, 0.1) is 14.1 Å². The van der Waals surface area contributed by atoms with E-state index in [1.54, 1.807) is 18.2 Å². The van der Waals surface area contributed by atoms with Gasteiger partial charge in [0, 0.05) is 17.7 Å². The van der Waals surface area contributed by atoms with Crippen molar-refractivity contribution in [2.24, 2.45) is 0 Å². The number of carbonyl (C=O) groups is 1. The van der Waals surface area contributed by atoms with Crippen LogP contribution >= 0.6 is 0 Å². The first-order valence-electron chi connectivity index (χ1n) is 8.17. The highest BCUT2D eigenvalue weighted by atomic mass is 16.6. The first kappa shape index (κ1) is 16.3. The van der Waals surface area contributed by atoms with Gasteiger partial charge in [0.2, 0.25) is 0 Å². The van der Waals surface area contributed by atoms with Crippen molar-refractivity contribution in [3.63, 3.8) is 0 Å². The lowest BCUT2D eigenvalue weighted by Gasteiger charge is -2.18. The van der Waals surface area contributed by atoms with Crippen molar-refractivity contribution in [1.82, 2.24) is 5.32 Å². The van der Waals surface area contributed by atoms with E-state index in [9.17, 15) is 4.79 Å². The molecule has 1 aliphatic rings. The molecule has 0 spiro atoms. The maximum atomic E-state index is 12.4. The molecule has 0 aliphatic carbocycles. The molecule has 2 N–H and O–H groups in total. The second-order valence-electron chi connectivity index (χ2n) is 6.19. The second kappa shape index (κ2) is 7.36. The van der Waals surface area contributed by atoms with Crippen molar-refractivity contribution in [3.8, 4) is 11.5 Å². The zero-order valence-corrected chi connectivity index (χ0v) is 14.1. The average Bonchev–Trinajstić information content (AvgIpc) is 2.60. The number of hydrogen-bond donors (Lipinski definition) is 2. The Morgan fingerprint density at radius 2 is 1.75 bits per heavy atom. The van der Waals surface area contributed by atoms with E-state index in [1.165, 1.54) is 10.5 Å². The summed E-state index contributed by atoms with van der Waals surface area (Å²) < 4.78 is 11.0. The minimum atomic E-state index is -0.112. The van der Waals surface area contributed by atoms with Crippen molar-refractivity contribution in [2.45, 2.75) is 13.1 Å². The number of amides is 1. The van der Waals surface area contributed by atoms with E-state index in [4.69, 9.17) is 9.47 Å². The summed E-state index contributed by atoms with van der Waals surface area (Å²) in [5.41, 5.74) is 2.97. The number of quaternary nitrogens is 1. The van der Waals surface area contributed by atoms with Gasteiger partial charge in [0.1, 0.15) is 19.8 Å². The number of nitrogens with one attached hydrogen (secondary N) is 2. The van der Waals surface area contributed by atoms with E-state index in [0.717, 1.165) is 12.1 Å². The summed E-state index contributed by atoms with van der Waals surface area (Å²) in [7, 11) is 4.23.